The highest BCUT2D eigenvalue weighted by atomic mass is 16.6. The number of carbonyl (C=O) groups excluding carboxylic acids is 1. The first kappa shape index (κ1) is 23.1. The molecule has 144 valence electrons. The summed E-state index contributed by atoms with van der Waals surface area (Å²) in [6, 6.07) is -0.452. The molecule has 0 rings (SSSR count). The molecule has 6 nitrogen and oxygen atoms in total. The van der Waals surface area contributed by atoms with Gasteiger partial charge in [-0.25, -0.2) is 4.79 Å². The quantitative estimate of drug-likeness (QED) is 0.500. The van der Waals surface area contributed by atoms with Crippen molar-refractivity contribution in [2.24, 2.45) is 17.6 Å². The Hall–Kier alpha value is -0.850. The van der Waals surface area contributed by atoms with Crippen molar-refractivity contribution in [2.45, 2.75) is 78.6 Å². The molecule has 0 radical (unpaired) electrons. The first-order chi connectivity index (χ1) is 11.1. The molecule has 6 heteroatoms. The predicted octanol–water partition coefficient (Wildman–Crippen LogP) is 2.68. The van der Waals surface area contributed by atoms with Crippen LogP contribution in [-0.2, 0) is 9.47 Å². The zero-order valence-electron chi connectivity index (χ0n) is 16.3. The topological polar surface area (TPSA) is 93.8 Å². The molecule has 0 unspecified atom stereocenters. The number of rotatable bonds is 11. The fourth-order valence-corrected chi connectivity index (χ4v) is 2.28. The monoisotopic (exact) mass is 346 g/mol. The minimum Gasteiger partial charge on any atom is -0.444 e. The van der Waals surface area contributed by atoms with Gasteiger partial charge in [0.25, 0.3) is 0 Å². The van der Waals surface area contributed by atoms with Crippen molar-refractivity contribution in [3.8, 4) is 0 Å². The minimum atomic E-state index is -0.811. The van der Waals surface area contributed by atoms with Gasteiger partial charge in [-0.2, -0.15) is 0 Å². The SMILES string of the molecule is CCCCOC[C@@H](C[C@H](NC(=O)OC(C)(C)C)[C@@H](O)CN)C(C)C. The number of aliphatic hydroxyl groups excluding tert-OH is 1. The van der Waals surface area contributed by atoms with Gasteiger partial charge in [0.05, 0.1) is 12.1 Å². The van der Waals surface area contributed by atoms with E-state index in [0.29, 0.717) is 18.9 Å². The Morgan fingerprint density at radius 3 is 2.38 bits per heavy atom. The van der Waals surface area contributed by atoms with E-state index in [1.165, 1.54) is 0 Å². The Morgan fingerprint density at radius 1 is 1.29 bits per heavy atom. The Morgan fingerprint density at radius 2 is 1.92 bits per heavy atom. The average Bonchev–Trinajstić information content (AvgIpc) is 2.46. The first-order valence-electron chi connectivity index (χ1n) is 9.06. The fraction of sp³-hybridized carbons (Fsp3) is 0.944. The second-order valence-electron chi connectivity index (χ2n) is 7.72. The molecule has 24 heavy (non-hydrogen) atoms. The molecular weight excluding hydrogens is 308 g/mol. The van der Waals surface area contributed by atoms with Gasteiger partial charge in [0.1, 0.15) is 5.60 Å². The molecule has 1 amide bonds. The van der Waals surface area contributed by atoms with Crippen molar-refractivity contribution in [3.05, 3.63) is 0 Å². The van der Waals surface area contributed by atoms with Gasteiger partial charge in [0, 0.05) is 19.8 Å². The van der Waals surface area contributed by atoms with Gasteiger partial charge in [-0.3, -0.25) is 0 Å². The van der Waals surface area contributed by atoms with E-state index in [0.717, 1.165) is 19.4 Å². The summed E-state index contributed by atoms with van der Waals surface area (Å²) in [5.41, 5.74) is 5.01. The van der Waals surface area contributed by atoms with E-state index in [-0.39, 0.29) is 12.5 Å². The summed E-state index contributed by atoms with van der Waals surface area (Å²) in [6.07, 6.45) is 1.39. The van der Waals surface area contributed by atoms with E-state index in [4.69, 9.17) is 15.2 Å². The zero-order chi connectivity index (χ0) is 18.8. The van der Waals surface area contributed by atoms with Gasteiger partial charge in [-0.1, -0.05) is 27.2 Å². The van der Waals surface area contributed by atoms with Crippen LogP contribution in [0.5, 0.6) is 0 Å². The van der Waals surface area contributed by atoms with Crippen molar-refractivity contribution in [3.63, 3.8) is 0 Å². The smallest absolute Gasteiger partial charge is 0.407 e. The summed E-state index contributed by atoms with van der Waals surface area (Å²) in [6.45, 7) is 13.2. The van der Waals surface area contributed by atoms with E-state index >= 15 is 0 Å². The van der Waals surface area contributed by atoms with Crippen LogP contribution in [0.4, 0.5) is 4.79 Å². The molecule has 0 fully saturated rings. The molecule has 0 spiro atoms. The summed E-state index contributed by atoms with van der Waals surface area (Å²) < 4.78 is 11.0. The first-order valence-corrected chi connectivity index (χ1v) is 9.06. The minimum absolute atomic E-state index is 0.0853. The van der Waals surface area contributed by atoms with Crippen molar-refractivity contribution >= 4 is 6.09 Å². The summed E-state index contributed by atoms with van der Waals surface area (Å²) in [4.78, 5) is 12.0. The Labute approximate surface area is 147 Å². The molecule has 0 aromatic heterocycles. The lowest BCUT2D eigenvalue weighted by Crippen LogP contribution is -2.49. The number of alkyl carbamates (subject to hydrolysis) is 1. The molecule has 0 bridgehead atoms. The third-order valence-electron chi connectivity index (χ3n) is 3.88. The molecule has 0 aromatic carbocycles. The molecule has 0 saturated carbocycles. The van der Waals surface area contributed by atoms with Crippen LogP contribution in [0.15, 0.2) is 0 Å². The highest BCUT2D eigenvalue weighted by Gasteiger charge is 2.28. The van der Waals surface area contributed by atoms with Crippen LogP contribution >= 0.6 is 0 Å². The summed E-state index contributed by atoms with van der Waals surface area (Å²) >= 11 is 0. The van der Waals surface area contributed by atoms with Crippen molar-refractivity contribution in [2.75, 3.05) is 19.8 Å². The Balaban J connectivity index is 4.73. The van der Waals surface area contributed by atoms with Crippen LogP contribution < -0.4 is 11.1 Å². The maximum absolute atomic E-state index is 12.0. The number of nitrogens with two attached hydrogens (primary N) is 1. The van der Waals surface area contributed by atoms with E-state index in [9.17, 15) is 9.90 Å². The van der Waals surface area contributed by atoms with Crippen molar-refractivity contribution < 1.29 is 19.4 Å². The molecule has 0 aliphatic rings. The molecular formula is C18H38N2O4. The van der Waals surface area contributed by atoms with Gasteiger partial charge in [0.2, 0.25) is 0 Å². The molecule has 4 N–H and O–H groups in total. The van der Waals surface area contributed by atoms with Gasteiger partial charge in [-0.05, 0) is 45.4 Å². The number of carbonyl (C=O) groups is 1. The average molecular weight is 347 g/mol. The number of unbranched alkanes of at least 4 members (excludes halogenated alkanes) is 1. The second-order valence-corrected chi connectivity index (χ2v) is 7.72. The summed E-state index contributed by atoms with van der Waals surface area (Å²) in [5.74, 6) is 0.600. The third kappa shape index (κ3) is 10.8. The molecule has 0 saturated heterocycles. The van der Waals surface area contributed by atoms with Crippen molar-refractivity contribution in [1.29, 1.82) is 0 Å². The van der Waals surface area contributed by atoms with E-state index < -0.39 is 23.8 Å². The van der Waals surface area contributed by atoms with Crippen LogP contribution in [0.3, 0.4) is 0 Å². The van der Waals surface area contributed by atoms with Crippen LogP contribution in [-0.4, -0.2) is 48.7 Å². The van der Waals surface area contributed by atoms with Gasteiger partial charge in [-0.15, -0.1) is 0 Å². The molecule has 3 atom stereocenters. The second kappa shape index (κ2) is 11.7. The molecule has 0 aliphatic heterocycles. The van der Waals surface area contributed by atoms with Gasteiger partial charge in [0.15, 0.2) is 0 Å². The van der Waals surface area contributed by atoms with Gasteiger partial charge >= 0.3 is 6.09 Å². The van der Waals surface area contributed by atoms with Crippen LogP contribution in [0, 0.1) is 11.8 Å². The number of hydrogen-bond donors (Lipinski definition) is 3. The van der Waals surface area contributed by atoms with Gasteiger partial charge < -0.3 is 25.6 Å². The molecule has 0 aromatic rings. The van der Waals surface area contributed by atoms with Crippen LogP contribution in [0.2, 0.25) is 0 Å². The number of ether oxygens (including phenoxy) is 2. The van der Waals surface area contributed by atoms with E-state index in [1.54, 1.807) is 20.8 Å². The summed E-state index contributed by atoms with van der Waals surface area (Å²) in [5, 5.41) is 12.9. The lowest BCUT2D eigenvalue weighted by Gasteiger charge is -2.30. The van der Waals surface area contributed by atoms with Crippen LogP contribution in [0.25, 0.3) is 0 Å². The maximum atomic E-state index is 12.0. The zero-order valence-corrected chi connectivity index (χ0v) is 16.3. The number of hydrogen-bond acceptors (Lipinski definition) is 5. The Kier molecular flexibility index (Phi) is 11.2. The lowest BCUT2D eigenvalue weighted by molar-refractivity contribution is 0.0322. The third-order valence-corrected chi connectivity index (χ3v) is 3.88. The van der Waals surface area contributed by atoms with E-state index in [2.05, 4.69) is 26.1 Å². The lowest BCUT2D eigenvalue weighted by atomic mass is 9.88. The number of nitrogens with one attached hydrogen (secondary N) is 1. The molecule has 0 aliphatic carbocycles. The fourth-order valence-electron chi connectivity index (χ4n) is 2.28. The van der Waals surface area contributed by atoms with E-state index in [1.807, 2.05) is 0 Å². The predicted molar refractivity (Wildman–Crippen MR) is 96.9 cm³/mol. The summed E-state index contributed by atoms with van der Waals surface area (Å²) in [7, 11) is 0. The largest absolute Gasteiger partial charge is 0.444 e. The normalized spacial score (nSPS) is 15.9. The highest BCUT2D eigenvalue weighted by molar-refractivity contribution is 5.68. The Bertz CT molecular complexity index is 342. The molecule has 0 heterocycles. The number of amides is 1. The highest BCUT2D eigenvalue weighted by Crippen LogP contribution is 2.20. The van der Waals surface area contributed by atoms with Crippen molar-refractivity contribution in [1.82, 2.24) is 5.32 Å². The maximum Gasteiger partial charge on any atom is 0.407 e. The van der Waals surface area contributed by atoms with Crippen LogP contribution in [0.1, 0.15) is 60.8 Å². The standard InChI is InChI=1S/C18H38N2O4/c1-7-8-9-23-12-14(13(2)3)10-15(16(21)11-19)20-17(22)24-18(4,5)6/h13-16,21H,7-12,19H2,1-6H3,(H,20,22)/t14-,15+,16+/m1/s1. The number of aliphatic hydroxyl groups is 1.